The Morgan fingerprint density at radius 2 is 1.90 bits per heavy atom. The molecular weight excluding hydrogens is 136 g/mol. The van der Waals surface area contributed by atoms with Crippen LogP contribution in [0.15, 0.2) is 30.3 Å². The van der Waals surface area contributed by atoms with Gasteiger partial charge in [0.1, 0.15) is 0 Å². The summed E-state index contributed by atoms with van der Waals surface area (Å²) < 4.78 is 0. The first-order chi connectivity index (χ1) is 4.84. The van der Waals surface area contributed by atoms with E-state index in [-0.39, 0.29) is 0 Å². The Kier molecular flexibility index (Phi) is 2.38. The third kappa shape index (κ3) is 1.53. The lowest BCUT2D eigenvalue weighted by molar-refractivity contribution is 1.60. The average Bonchev–Trinajstić information content (AvgIpc) is 2.05. The molecule has 0 fully saturated rings. The predicted molar refractivity (Wildman–Crippen MR) is 49.1 cm³/mol. The third-order valence-corrected chi connectivity index (χ3v) is 2.00. The molecular formula is C9H10Si. The normalized spacial score (nSPS) is 8.50. The molecule has 0 radical (unpaired) electrons. The third-order valence-electron chi connectivity index (χ3n) is 1.47. The van der Waals surface area contributed by atoms with Gasteiger partial charge in [-0.05, 0) is 18.1 Å². The van der Waals surface area contributed by atoms with E-state index in [0.717, 1.165) is 0 Å². The highest BCUT2D eigenvalue weighted by molar-refractivity contribution is 6.30. The van der Waals surface area contributed by atoms with E-state index in [1.165, 1.54) is 11.1 Å². The summed E-state index contributed by atoms with van der Waals surface area (Å²) in [6, 6.07) is 10.3. The minimum absolute atomic E-state index is 1.22. The van der Waals surface area contributed by atoms with Gasteiger partial charge >= 0.3 is 0 Å². The second-order valence-corrected chi connectivity index (χ2v) is 2.52. The minimum atomic E-state index is 1.22. The topological polar surface area (TPSA) is 0 Å². The van der Waals surface area contributed by atoms with Crippen molar-refractivity contribution in [2.45, 2.75) is 6.92 Å². The van der Waals surface area contributed by atoms with Gasteiger partial charge < -0.3 is 0 Å². The molecule has 0 aliphatic heterocycles. The van der Waals surface area contributed by atoms with E-state index in [2.05, 4.69) is 24.4 Å². The fraction of sp³-hybridized carbons (Fsp3) is 0.111. The second-order valence-electron chi connectivity index (χ2n) is 2.17. The Bertz CT molecular complexity index is 255. The Morgan fingerprint density at radius 1 is 1.30 bits per heavy atom. The van der Waals surface area contributed by atoms with Crippen molar-refractivity contribution < 1.29 is 0 Å². The Hall–Kier alpha value is -0.913. The molecule has 0 heterocycles. The van der Waals surface area contributed by atoms with Gasteiger partial charge in [0.2, 0.25) is 0 Å². The number of rotatable bonds is 1. The molecule has 0 nitrogen and oxygen atoms in total. The van der Waals surface area contributed by atoms with Gasteiger partial charge in [0.15, 0.2) is 0 Å². The molecule has 10 heavy (non-hydrogen) atoms. The molecule has 0 amide bonds. The van der Waals surface area contributed by atoms with E-state index < -0.39 is 0 Å². The van der Waals surface area contributed by atoms with Crippen LogP contribution < -0.4 is 0 Å². The fourth-order valence-corrected chi connectivity index (χ4v) is 0.994. The number of hydrogen-bond acceptors (Lipinski definition) is 0. The first-order valence-electron chi connectivity index (χ1n) is 3.26. The van der Waals surface area contributed by atoms with Gasteiger partial charge in [0.25, 0.3) is 0 Å². The first kappa shape index (κ1) is 7.20. The molecule has 0 atom stereocenters. The van der Waals surface area contributed by atoms with Crippen molar-refractivity contribution in [3.8, 4) is 0 Å². The van der Waals surface area contributed by atoms with Crippen molar-refractivity contribution in [3.05, 3.63) is 35.9 Å². The van der Waals surface area contributed by atoms with E-state index in [1.54, 1.807) is 9.85 Å². The van der Waals surface area contributed by atoms with Gasteiger partial charge in [-0.3, -0.25) is 0 Å². The van der Waals surface area contributed by atoms with Gasteiger partial charge in [0.05, 0.1) is 0 Å². The van der Waals surface area contributed by atoms with Gasteiger partial charge in [0, 0.05) is 9.85 Å². The number of benzene rings is 1. The lowest BCUT2D eigenvalue weighted by Gasteiger charge is -1.94. The van der Waals surface area contributed by atoms with Crippen molar-refractivity contribution in [2.24, 2.45) is 0 Å². The van der Waals surface area contributed by atoms with Crippen LogP contribution >= 0.6 is 0 Å². The van der Waals surface area contributed by atoms with Crippen molar-refractivity contribution in [1.82, 2.24) is 0 Å². The van der Waals surface area contributed by atoms with Crippen LogP contribution in [-0.4, -0.2) is 15.2 Å². The molecule has 1 rings (SSSR count). The maximum Gasteiger partial charge on any atom is 0.0337 e. The maximum absolute atomic E-state index is 3.13. The number of allylic oxidation sites excluding steroid dienone is 1. The molecule has 0 unspecified atom stereocenters. The zero-order valence-corrected chi connectivity index (χ0v) is 7.51. The molecule has 0 saturated heterocycles. The maximum atomic E-state index is 3.13. The summed E-state index contributed by atoms with van der Waals surface area (Å²) in [7, 11) is 1.75. The second kappa shape index (κ2) is 3.30. The fourth-order valence-electron chi connectivity index (χ4n) is 0.790. The molecule has 0 saturated carbocycles. The van der Waals surface area contributed by atoms with Gasteiger partial charge in [-0.2, -0.15) is 5.33 Å². The van der Waals surface area contributed by atoms with Crippen LogP contribution in [0.2, 0.25) is 0 Å². The van der Waals surface area contributed by atoms with Crippen molar-refractivity contribution in [3.63, 3.8) is 0 Å². The lowest BCUT2D eigenvalue weighted by atomic mass is 10.1. The van der Waals surface area contributed by atoms with Gasteiger partial charge in [-0.25, -0.2) is 0 Å². The number of hydrogen-bond donors (Lipinski definition) is 0. The van der Waals surface area contributed by atoms with Gasteiger partial charge in [-0.1, -0.05) is 30.3 Å². The Balaban J connectivity index is 3.08. The molecule has 0 spiro atoms. The molecule has 0 aromatic heterocycles. The summed E-state index contributed by atoms with van der Waals surface area (Å²) in [4.78, 5) is 0. The summed E-state index contributed by atoms with van der Waals surface area (Å²) in [5, 5.41) is 3.13. The van der Waals surface area contributed by atoms with E-state index in [1.807, 2.05) is 18.2 Å². The van der Waals surface area contributed by atoms with Crippen LogP contribution in [0.25, 0.3) is 5.57 Å². The van der Waals surface area contributed by atoms with Crippen LogP contribution in [0.5, 0.6) is 0 Å². The molecule has 1 heteroatoms. The Morgan fingerprint density at radius 3 is 2.40 bits per heavy atom. The average molecular weight is 146 g/mol. The highest BCUT2D eigenvalue weighted by Crippen LogP contribution is 2.07. The van der Waals surface area contributed by atoms with Crippen LogP contribution in [0.4, 0.5) is 0 Å². The minimum Gasteiger partial charge on any atom is -0.160 e. The smallest absolute Gasteiger partial charge is 0.0337 e. The quantitative estimate of drug-likeness (QED) is 0.521. The summed E-state index contributed by atoms with van der Waals surface area (Å²) in [6.45, 7) is 2.07. The monoisotopic (exact) mass is 146 g/mol. The zero-order chi connectivity index (χ0) is 7.40. The van der Waals surface area contributed by atoms with Crippen molar-refractivity contribution in [1.29, 1.82) is 0 Å². The highest BCUT2D eigenvalue weighted by Gasteiger charge is 1.88. The van der Waals surface area contributed by atoms with E-state index >= 15 is 0 Å². The van der Waals surface area contributed by atoms with E-state index in [4.69, 9.17) is 0 Å². The summed E-state index contributed by atoms with van der Waals surface area (Å²) in [6.07, 6.45) is 0. The van der Waals surface area contributed by atoms with Crippen molar-refractivity contribution >= 4 is 20.8 Å². The van der Waals surface area contributed by atoms with Gasteiger partial charge in [-0.15, -0.1) is 0 Å². The SMILES string of the molecule is CC(=C=[SiH2])c1ccccc1. The van der Waals surface area contributed by atoms with Crippen LogP contribution in [0, 0.1) is 0 Å². The standard InChI is InChI=1S/C9H10Si/c1-8(7-10)9-5-3-2-4-6-9/h2-6H,10H2,1H3. The summed E-state index contributed by atoms with van der Waals surface area (Å²) >= 11 is 0. The molecule has 1 aromatic rings. The van der Waals surface area contributed by atoms with Crippen LogP contribution in [0.1, 0.15) is 12.5 Å². The molecule has 0 bridgehead atoms. The lowest BCUT2D eigenvalue weighted by Crippen LogP contribution is -1.77. The highest BCUT2D eigenvalue weighted by atomic mass is 28.1. The predicted octanol–water partition coefficient (Wildman–Crippen LogP) is 1.12. The van der Waals surface area contributed by atoms with Crippen molar-refractivity contribution in [2.75, 3.05) is 0 Å². The largest absolute Gasteiger partial charge is 0.160 e. The first-order valence-corrected chi connectivity index (χ1v) is 3.97. The van der Waals surface area contributed by atoms with E-state index in [9.17, 15) is 0 Å². The molecule has 0 aliphatic rings. The molecule has 50 valence electrons. The summed E-state index contributed by atoms with van der Waals surface area (Å²) in [5.41, 5.74) is 2.48. The van der Waals surface area contributed by atoms with E-state index in [0.29, 0.717) is 0 Å². The molecule has 1 aromatic carbocycles. The van der Waals surface area contributed by atoms with Crippen LogP contribution in [0.3, 0.4) is 0 Å². The Labute approximate surface area is 64.2 Å². The summed E-state index contributed by atoms with van der Waals surface area (Å²) in [5.74, 6) is 0. The zero-order valence-electron chi connectivity index (χ0n) is 6.09. The molecule has 0 aliphatic carbocycles. The molecule has 0 N–H and O–H groups in total. The van der Waals surface area contributed by atoms with Crippen LogP contribution in [-0.2, 0) is 0 Å².